The summed E-state index contributed by atoms with van der Waals surface area (Å²) in [5, 5.41) is 11.4. The van der Waals surface area contributed by atoms with Crippen molar-refractivity contribution in [3.05, 3.63) is 0 Å². The number of hydrogen-bond acceptors (Lipinski definition) is 6. The fourth-order valence-electron chi connectivity index (χ4n) is 1.45. The van der Waals surface area contributed by atoms with Crippen LogP contribution in [0.5, 0.6) is 0 Å². The van der Waals surface area contributed by atoms with Gasteiger partial charge in [0.1, 0.15) is 12.6 Å². The topological polar surface area (TPSA) is 137 Å². The number of nitrogens with one attached hydrogen (secondary N) is 1. The zero-order chi connectivity index (χ0) is 15.2. The van der Waals surface area contributed by atoms with Crippen molar-refractivity contribution in [2.24, 2.45) is 11.5 Å². The highest BCUT2D eigenvalue weighted by Crippen LogP contribution is 2.00. The Bertz CT molecular complexity index is 276. The van der Waals surface area contributed by atoms with Crippen molar-refractivity contribution in [3.63, 3.8) is 0 Å². The summed E-state index contributed by atoms with van der Waals surface area (Å²) in [5.74, 6) is -1.51. The van der Waals surface area contributed by atoms with E-state index in [0.29, 0.717) is 39.1 Å². The molecule has 0 saturated carbocycles. The van der Waals surface area contributed by atoms with Gasteiger partial charge < -0.3 is 31.4 Å². The summed E-state index contributed by atoms with van der Waals surface area (Å²) in [6.45, 7) is 1.81. The summed E-state index contributed by atoms with van der Waals surface area (Å²) in [5.41, 5.74) is 10.6. The fourth-order valence-corrected chi connectivity index (χ4v) is 1.45. The molecule has 8 heteroatoms. The van der Waals surface area contributed by atoms with Crippen LogP contribution >= 0.6 is 0 Å². The molecule has 0 aromatic rings. The van der Waals surface area contributed by atoms with Crippen LogP contribution in [0.3, 0.4) is 0 Å². The summed E-state index contributed by atoms with van der Waals surface area (Å²) >= 11 is 0. The summed E-state index contributed by atoms with van der Waals surface area (Å²) in [7, 11) is 0. The van der Waals surface area contributed by atoms with Crippen molar-refractivity contribution < 1.29 is 24.2 Å². The Morgan fingerprint density at radius 3 is 2.35 bits per heavy atom. The van der Waals surface area contributed by atoms with E-state index in [0.717, 1.165) is 6.42 Å². The number of carboxylic acids is 1. The number of ether oxygens (including phenoxy) is 2. The minimum atomic E-state index is -1.05. The average molecular weight is 291 g/mol. The molecule has 0 spiro atoms. The highest BCUT2D eigenvalue weighted by Gasteiger charge is 2.19. The first kappa shape index (κ1) is 18.8. The van der Waals surface area contributed by atoms with Gasteiger partial charge in [-0.05, 0) is 25.8 Å². The lowest BCUT2D eigenvalue weighted by atomic mass is 10.1. The second-order valence-electron chi connectivity index (χ2n) is 4.20. The van der Waals surface area contributed by atoms with Crippen molar-refractivity contribution in [1.29, 1.82) is 0 Å². The summed E-state index contributed by atoms with van der Waals surface area (Å²) in [6.07, 6.45) is 1.74. The van der Waals surface area contributed by atoms with Gasteiger partial charge in [0.15, 0.2) is 0 Å². The molecule has 0 aromatic heterocycles. The van der Waals surface area contributed by atoms with Gasteiger partial charge in [-0.2, -0.15) is 0 Å². The van der Waals surface area contributed by atoms with Gasteiger partial charge in [0.05, 0.1) is 19.8 Å². The van der Waals surface area contributed by atoms with E-state index in [2.05, 4.69) is 5.32 Å². The average Bonchev–Trinajstić information content (AvgIpc) is 2.41. The molecule has 0 rings (SSSR count). The fraction of sp³-hybridized carbons (Fsp3) is 0.833. The maximum absolute atomic E-state index is 11.5. The quantitative estimate of drug-likeness (QED) is 0.309. The predicted molar refractivity (Wildman–Crippen MR) is 73.2 cm³/mol. The highest BCUT2D eigenvalue weighted by molar-refractivity contribution is 5.84. The highest BCUT2D eigenvalue weighted by atomic mass is 16.5. The third-order valence-corrected chi connectivity index (χ3v) is 2.45. The minimum absolute atomic E-state index is 0.188. The largest absolute Gasteiger partial charge is 0.480 e. The summed E-state index contributed by atoms with van der Waals surface area (Å²) in [4.78, 5) is 22.5. The molecule has 0 heterocycles. The molecule has 0 aliphatic rings. The van der Waals surface area contributed by atoms with E-state index in [-0.39, 0.29) is 13.2 Å². The number of carbonyl (C=O) groups excluding carboxylic acids is 1. The minimum Gasteiger partial charge on any atom is -0.480 e. The Morgan fingerprint density at radius 2 is 1.75 bits per heavy atom. The van der Waals surface area contributed by atoms with Gasteiger partial charge in [0.25, 0.3) is 0 Å². The molecule has 0 unspecified atom stereocenters. The Kier molecular flexibility index (Phi) is 12.0. The molecule has 1 atom stereocenters. The number of nitrogens with two attached hydrogens (primary N) is 2. The van der Waals surface area contributed by atoms with Gasteiger partial charge in [-0.3, -0.25) is 4.79 Å². The molecule has 0 bridgehead atoms. The Labute approximate surface area is 118 Å². The molecule has 0 aliphatic heterocycles. The van der Waals surface area contributed by atoms with Gasteiger partial charge in [-0.25, -0.2) is 4.79 Å². The molecule has 118 valence electrons. The first-order valence-corrected chi connectivity index (χ1v) is 6.69. The first-order valence-electron chi connectivity index (χ1n) is 6.69. The predicted octanol–water partition coefficient (Wildman–Crippen LogP) is -1.32. The molecule has 0 aliphatic carbocycles. The lowest BCUT2D eigenvalue weighted by Gasteiger charge is -2.14. The maximum atomic E-state index is 11.5. The van der Waals surface area contributed by atoms with Crippen LogP contribution < -0.4 is 16.8 Å². The summed E-state index contributed by atoms with van der Waals surface area (Å²) in [6, 6.07) is -0.897. The van der Waals surface area contributed by atoms with Gasteiger partial charge in [-0.15, -0.1) is 0 Å². The SMILES string of the molecule is NCCCC[C@H](NC(=O)COCCOCCN)C(=O)O. The number of rotatable bonds is 13. The molecule has 0 radical (unpaired) electrons. The molecular weight excluding hydrogens is 266 g/mol. The zero-order valence-corrected chi connectivity index (χ0v) is 11.7. The van der Waals surface area contributed by atoms with Crippen molar-refractivity contribution in [1.82, 2.24) is 5.32 Å². The monoisotopic (exact) mass is 291 g/mol. The van der Waals surface area contributed by atoms with Crippen molar-refractivity contribution in [2.45, 2.75) is 25.3 Å². The van der Waals surface area contributed by atoms with Gasteiger partial charge in [0, 0.05) is 6.54 Å². The Hall–Kier alpha value is -1.22. The third kappa shape index (κ3) is 10.7. The second-order valence-corrected chi connectivity index (χ2v) is 4.20. The van der Waals surface area contributed by atoms with Crippen molar-refractivity contribution >= 4 is 11.9 Å². The van der Waals surface area contributed by atoms with Crippen molar-refractivity contribution in [3.8, 4) is 0 Å². The van der Waals surface area contributed by atoms with Gasteiger partial charge in [0.2, 0.25) is 5.91 Å². The lowest BCUT2D eigenvalue weighted by Crippen LogP contribution is -2.42. The molecule has 0 saturated heterocycles. The first-order chi connectivity index (χ1) is 9.61. The Balaban J connectivity index is 3.75. The zero-order valence-electron chi connectivity index (χ0n) is 11.7. The molecule has 8 nitrogen and oxygen atoms in total. The van der Waals surface area contributed by atoms with E-state index >= 15 is 0 Å². The van der Waals surface area contributed by atoms with Gasteiger partial charge >= 0.3 is 5.97 Å². The van der Waals surface area contributed by atoms with Crippen LogP contribution in [0.15, 0.2) is 0 Å². The van der Waals surface area contributed by atoms with Crippen LogP contribution in [-0.4, -0.2) is 62.5 Å². The number of aliphatic carboxylic acids is 1. The molecule has 0 fully saturated rings. The van der Waals surface area contributed by atoms with Crippen LogP contribution in [0.1, 0.15) is 19.3 Å². The van der Waals surface area contributed by atoms with E-state index in [1.165, 1.54) is 0 Å². The van der Waals surface area contributed by atoms with Crippen LogP contribution in [0.4, 0.5) is 0 Å². The van der Waals surface area contributed by atoms with E-state index < -0.39 is 17.9 Å². The number of unbranched alkanes of at least 4 members (excludes halogenated alkanes) is 1. The number of carbonyl (C=O) groups is 2. The van der Waals surface area contributed by atoms with E-state index in [1.807, 2.05) is 0 Å². The van der Waals surface area contributed by atoms with E-state index in [9.17, 15) is 9.59 Å². The molecule has 6 N–H and O–H groups in total. The molecule has 1 amide bonds. The number of amides is 1. The van der Waals surface area contributed by atoms with Crippen LogP contribution in [0.25, 0.3) is 0 Å². The lowest BCUT2D eigenvalue weighted by molar-refractivity contribution is -0.142. The number of carboxylic acid groups (broad SMARTS) is 1. The molecular formula is C12H25N3O5. The smallest absolute Gasteiger partial charge is 0.326 e. The maximum Gasteiger partial charge on any atom is 0.326 e. The molecule has 20 heavy (non-hydrogen) atoms. The molecule has 0 aromatic carbocycles. The van der Waals surface area contributed by atoms with Crippen molar-refractivity contribution in [2.75, 3.05) is 39.5 Å². The normalized spacial score (nSPS) is 12.1. The van der Waals surface area contributed by atoms with Gasteiger partial charge in [-0.1, -0.05) is 0 Å². The number of hydrogen-bond donors (Lipinski definition) is 4. The van der Waals surface area contributed by atoms with Crippen LogP contribution in [-0.2, 0) is 19.1 Å². The van der Waals surface area contributed by atoms with Crippen LogP contribution in [0, 0.1) is 0 Å². The summed E-state index contributed by atoms with van der Waals surface area (Å²) < 4.78 is 10.1. The third-order valence-electron chi connectivity index (χ3n) is 2.45. The van der Waals surface area contributed by atoms with Crippen LogP contribution in [0.2, 0.25) is 0 Å². The standard InChI is InChI=1S/C12H25N3O5/c13-4-2-1-3-10(12(17)18)15-11(16)9-20-8-7-19-6-5-14/h10H,1-9,13-14H2,(H,15,16)(H,17,18)/t10-/m0/s1. The van der Waals surface area contributed by atoms with E-state index in [4.69, 9.17) is 26.0 Å². The van der Waals surface area contributed by atoms with E-state index in [1.54, 1.807) is 0 Å². The second kappa shape index (κ2) is 12.8. The Morgan fingerprint density at radius 1 is 1.05 bits per heavy atom.